The maximum absolute atomic E-state index is 14.1. The van der Waals surface area contributed by atoms with Crippen LogP contribution in [0.3, 0.4) is 0 Å². The van der Waals surface area contributed by atoms with Crippen molar-refractivity contribution in [2.24, 2.45) is 5.92 Å². The van der Waals surface area contributed by atoms with Crippen molar-refractivity contribution in [1.82, 2.24) is 15.1 Å². The van der Waals surface area contributed by atoms with Crippen LogP contribution in [0.4, 0.5) is 9.18 Å². The van der Waals surface area contributed by atoms with E-state index in [2.05, 4.69) is 10.2 Å². The summed E-state index contributed by atoms with van der Waals surface area (Å²) in [5.41, 5.74) is -0.0791. The molecule has 6 nitrogen and oxygen atoms in total. The molecule has 1 N–H and O–H groups in total. The van der Waals surface area contributed by atoms with Gasteiger partial charge in [0.05, 0.1) is 11.6 Å². The van der Waals surface area contributed by atoms with Crippen LogP contribution in [0.15, 0.2) is 18.2 Å². The molecule has 1 aromatic carbocycles. The third kappa shape index (κ3) is 3.10. The number of carbonyl (C=O) groups is 2. The summed E-state index contributed by atoms with van der Waals surface area (Å²) in [5.74, 6) is -0.629. The van der Waals surface area contributed by atoms with E-state index in [1.54, 1.807) is 19.1 Å². The molecule has 7 heteroatoms. The first-order valence-electron chi connectivity index (χ1n) is 8.36. The Labute approximate surface area is 146 Å². The Balaban J connectivity index is 1.73. The maximum Gasteiger partial charge on any atom is 0.324 e. The van der Waals surface area contributed by atoms with Crippen LogP contribution >= 0.6 is 0 Å². The molecule has 0 unspecified atom stereocenters. The van der Waals surface area contributed by atoms with Gasteiger partial charge < -0.3 is 5.32 Å². The molecule has 2 saturated heterocycles. The zero-order chi connectivity index (χ0) is 18.2. The number of hydrogen-bond acceptors (Lipinski definition) is 4. The lowest BCUT2D eigenvalue weighted by Gasteiger charge is -2.39. The van der Waals surface area contributed by atoms with Gasteiger partial charge in [-0.05, 0) is 38.4 Å². The lowest BCUT2D eigenvalue weighted by molar-refractivity contribution is -0.132. The van der Waals surface area contributed by atoms with Crippen molar-refractivity contribution in [2.45, 2.75) is 31.8 Å². The Bertz CT molecular complexity index is 760. The standard InChI is InChI=1S/C18H21FN4O2/c1-18(16(24)22(2)17(25)21-18)14-4-3-7-23(11-14)10-13-6-5-12(9-20)8-15(13)19/h5-6,8,14H,3-4,7,10-11H2,1-2H3,(H,21,25)/t14-,18-/m1/s1. The summed E-state index contributed by atoms with van der Waals surface area (Å²) in [6, 6.07) is 6.04. The fraction of sp³-hybridized carbons (Fsp3) is 0.500. The van der Waals surface area contributed by atoms with E-state index in [1.165, 1.54) is 13.1 Å². The number of likely N-dealkylation sites (tertiary alicyclic amines) is 1. The highest BCUT2D eigenvalue weighted by molar-refractivity contribution is 6.06. The fourth-order valence-corrected chi connectivity index (χ4v) is 3.73. The molecular formula is C18H21FN4O2. The number of halogens is 1. The SMILES string of the molecule is CN1C(=O)N[C@](C)([C@@H]2CCCN(Cc3ccc(C#N)cc3F)C2)C1=O. The number of hydrogen-bond donors (Lipinski definition) is 1. The maximum atomic E-state index is 14.1. The van der Waals surface area contributed by atoms with E-state index in [0.29, 0.717) is 24.2 Å². The van der Waals surface area contributed by atoms with E-state index >= 15 is 0 Å². The number of nitriles is 1. The molecule has 0 bridgehead atoms. The second kappa shape index (κ2) is 6.45. The van der Waals surface area contributed by atoms with Gasteiger partial charge in [-0.15, -0.1) is 0 Å². The van der Waals surface area contributed by atoms with Crippen molar-refractivity contribution < 1.29 is 14.0 Å². The average Bonchev–Trinajstić information content (AvgIpc) is 2.81. The van der Waals surface area contributed by atoms with Gasteiger partial charge in [-0.3, -0.25) is 14.6 Å². The van der Waals surface area contributed by atoms with E-state index < -0.39 is 11.4 Å². The highest BCUT2D eigenvalue weighted by atomic mass is 19.1. The van der Waals surface area contributed by atoms with Crippen molar-refractivity contribution >= 4 is 11.9 Å². The molecule has 2 aliphatic rings. The number of urea groups is 1. The van der Waals surface area contributed by atoms with Crippen LogP contribution in [-0.2, 0) is 11.3 Å². The van der Waals surface area contributed by atoms with Crippen LogP contribution in [0, 0.1) is 23.1 Å². The molecule has 3 rings (SSSR count). The summed E-state index contributed by atoms with van der Waals surface area (Å²) in [7, 11) is 1.48. The van der Waals surface area contributed by atoms with Gasteiger partial charge in [-0.2, -0.15) is 5.26 Å². The second-order valence-corrected chi connectivity index (χ2v) is 6.99. The lowest BCUT2D eigenvalue weighted by atomic mass is 9.80. The number of piperidine rings is 1. The molecule has 0 aliphatic carbocycles. The molecule has 0 spiro atoms. The van der Waals surface area contributed by atoms with Crippen molar-refractivity contribution in [2.75, 3.05) is 20.1 Å². The van der Waals surface area contributed by atoms with E-state index in [9.17, 15) is 14.0 Å². The Kier molecular flexibility index (Phi) is 4.48. The molecule has 3 amide bonds. The molecule has 2 aliphatic heterocycles. The van der Waals surface area contributed by atoms with Crippen LogP contribution in [0.2, 0.25) is 0 Å². The van der Waals surface area contributed by atoms with Crippen LogP contribution < -0.4 is 5.32 Å². The number of likely N-dealkylation sites (N-methyl/N-ethyl adjacent to an activating group) is 1. The molecule has 0 radical (unpaired) electrons. The minimum absolute atomic E-state index is 0.0240. The number of nitrogens with one attached hydrogen (secondary N) is 1. The number of amides is 3. The van der Waals surface area contributed by atoms with Crippen LogP contribution in [0.5, 0.6) is 0 Å². The first kappa shape index (κ1) is 17.4. The topological polar surface area (TPSA) is 76.4 Å². The minimum Gasteiger partial charge on any atom is -0.323 e. The lowest BCUT2D eigenvalue weighted by Crippen LogP contribution is -2.55. The van der Waals surface area contributed by atoms with Gasteiger partial charge in [0.1, 0.15) is 11.4 Å². The molecule has 25 heavy (non-hydrogen) atoms. The van der Waals surface area contributed by atoms with Gasteiger partial charge in [-0.1, -0.05) is 6.07 Å². The number of carbonyl (C=O) groups excluding carboxylic acids is 2. The molecule has 0 saturated carbocycles. The third-order valence-corrected chi connectivity index (χ3v) is 5.32. The minimum atomic E-state index is -0.909. The first-order valence-corrected chi connectivity index (χ1v) is 8.36. The Hall–Kier alpha value is -2.46. The third-order valence-electron chi connectivity index (χ3n) is 5.32. The predicted octanol–water partition coefficient (Wildman–Crippen LogP) is 1.85. The van der Waals surface area contributed by atoms with Gasteiger partial charge >= 0.3 is 6.03 Å². The van der Waals surface area contributed by atoms with E-state index in [0.717, 1.165) is 24.3 Å². The second-order valence-electron chi connectivity index (χ2n) is 6.99. The van der Waals surface area contributed by atoms with Crippen molar-refractivity contribution in [3.8, 4) is 6.07 Å². The normalized spacial score (nSPS) is 27.3. The largest absolute Gasteiger partial charge is 0.324 e. The average molecular weight is 344 g/mol. The highest BCUT2D eigenvalue weighted by Gasteiger charge is 2.51. The zero-order valence-corrected chi connectivity index (χ0v) is 14.4. The molecular weight excluding hydrogens is 323 g/mol. The smallest absolute Gasteiger partial charge is 0.323 e. The molecule has 132 valence electrons. The molecule has 2 heterocycles. The van der Waals surface area contributed by atoms with Crippen LogP contribution in [-0.4, -0.2) is 47.4 Å². The van der Waals surface area contributed by atoms with Gasteiger partial charge in [0.2, 0.25) is 0 Å². The van der Waals surface area contributed by atoms with Gasteiger partial charge in [-0.25, -0.2) is 9.18 Å². The zero-order valence-electron chi connectivity index (χ0n) is 14.4. The Morgan fingerprint density at radius 2 is 2.20 bits per heavy atom. The fourth-order valence-electron chi connectivity index (χ4n) is 3.73. The summed E-state index contributed by atoms with van der Waals surface area (Å²) in [4.78, 5) is 27.5. The number of imide groups is 1. The summed E-state index contributed by atoms with van der Waals surface area (Å²) >= 11 is 0. The van der Waals surface area contributed by atoms with Crippen molar-refractivity contribution in [3.63, 3.8) is 0 Å². The summed E-state index contributed by atoms with van der Waals surface area (Å²) < 4.78 is 14.1. The van der Waals surface area contributed by atoms with Gasteiger partial charge in [0.15, 0.2) is 0 Å². The number of benzene rings is 1. The van der Waals surface area contributed by atoms with Crippen LogP contribution in [0.25, 0.3) is 0 Å². The summed E-state index contributed by atoms with van der Waals surface area (Å²) in [6.45, 7) is 3.61. The highest BCUT2D eigenvalue weighted by Crippen LogP contribution is 2.32. The molecule has 0 aromatic heterocycles. The molecule has 2 atom stereocenters. The Morgan fingerprint density at radius 3 is 2.80 bits per heavy atom. The summed E-state index contributed by atoms with van der Waals surface area (Å²) in [5, 5.41) is 11.6. The number of rotatable bonds is 3. The quantitative estimate of drug-likeness (QED) is 0.849. The van der Waals surface area contributed by atoms with Crippen molar-refractivity contribution in [3.05, 3.63) is 35.1 Å². The molecule has 2 fully saturated rings. The molecule has 1 aromatic rings. The van der Waals surface area contributed by atoms with E-state index in [4.69, 9.17) is 5.26 Å². The monoisotopic (exact) mass is 344 g/mol. The van der Waals surface area contributed by atoms with Crippen LogP contribution in [0.1, 0.15) is 30.9 Å². The summed E-state index contributed by atoms with van der Waals surface area (Å²) in [6.07, 6.45) is 1.72. The predicted molar refractivity (Wildman–Crippen MR) is 88.8 cm³/mol. The van der Waals surface area contributed by atoms with Gasteiger partial charge in [0.25, 0.3) is 5.91 Å². The van der Waals surface area contributed by atoms with E-state index in [1.807, 2.05) is 6.07 Å². The number of nitrogens with zero attached hydrogens (tertiary/aromatic N) is 3. The Morgan fingerprint density at radius 1 is 1.44 bits per heavy atom. The van der Waals surface area contributed by atoms with Gasteiger partial charge in [0, 0.05) is 31.6 Å². The van der Waals surface area contributed by atoms with Crippen molar-refractivity contribution in [1.29, 1.82) is 5.26 Å². The van der Waals surface area contributed by atoms with E-state index in [-0.39, 0.29) is 17.9 Å². The first-order chi connectivity index (χ1) is 11.8.